The van der Waals surface area contributed by atoms with Gasteiger partial charge in [0.15, 0.2) is 0 Å². The average Bonchev–Trinajstić information content (AvgIpc) is 2.80. The summed E-state index contributed by atoms with van der Waals surface area (Å²) < 4.78 is 1.91. The monoisotopic (exact) mass is 251 g/mol. The first kappa shape index (κ1) is 11.8. The topological polar surface area (TPSA) is 43.8 Å². The van der Waals surface area contributed by atoms with Gasteiger partial charge in [-0.05, 0) is 24.6 Å². The predicted octanol–water partition coefficient (Wildman–Crippen LogP) is 3.87. The first-order valence-electron chi connectivity index (χ1n) is 6.49. The fourth-order valence-electron chi connectivity index (χ4n) is 2.31. The molecular formula is C16H17N3. The van der Waals surface area contributed by atoms with Gasteiger partial charge >= 0.3 is 0 Å². The zero-order valence-corrected chi connectivity index (χ0v) is 11.2. The molecule has 0 fully saturated rings. The first-order chi connectivity index (χ1) is 9.16. The number of nitrogen functional groups attached to an aromatic ring is 1. The summed E-state index contributed by atoms with van der Waals surface area (Å²) in [6.07, 6.45) is 1.90. The van der Waals surface area contributed by atoms with Crippen molar-refractivity contribution in [1.82, 2.24) is 9.78 Å². The van der Waals surface area contributed by atoms with Crippen LogP contribution in [0.3, 0.4) is 0 Å². The maximum atomic E-state index is 6.12. The van der Waals surface area contributed by atoms with E-state index >= 15 is 0 Å². The molecule has 0 unspecified atom stereocenters. The van der Waals surface area contributed by atoms with Crippen molar-refractivity contribution < 1.29 is 0 Å². The van der Waals surface area contributed by atoms with Gasteiger partial charge in [0.25, 0.3) is 0 Å². The third kappa shape index (κ3) is 1.97. The minimum Gasteiger partial charge on any atom is -0.396 e. The van der Waals surface area contributed by atoms with Gasteiger partial charge in [0.2, 0.25) is 0 Å². The molecule has 0 spiro atoms. The van der Waals surface area contributed by atoms with E-state index in [0.717, 1.165) is 16.9 Å². The molecule has 0 amide bonds. The summed E-state index contributed by atoms with van der Waals surface area (Å²) in [7, 11) is 0. The summed E-state index contributed by atoms with van der Waals surface area (Å²) in [5.41, 5.74) is 8.80. The number of nitrogens with zero attached hydrogens (tertiary/aromatic N) is 2. The van der Waals surface area contributed by atoms with Crippen LogP contribution in [0.5, 0.6) is 0 Å². The minimum atomic E-state index is 0.311. The molecule has 3 heteroatoms. The molecule has 0 aliphatic rings. The fourth-order valence-corrected chi connectivity index (χ4v) is 2.31. The van der Waals surface area contributed by atoms with Crippen molar-refractivity contribution in [3.8, 4) is 11.3 Å². The van der Waals surface area contributed by atoms with Gasteiger partial charge in [-0.25, -0.2) is 0 Å². The van der Waals surface area contributed by atoms with E-state index in [-0.39, 0.29) is 0 Å². The van der Waals surface area contributed by atoms with Crippen molar-refractivity contribution in [2.75, 3.05) is 5.73 Å². The number of fused-ring (bicyclic) bond motifs is 1. The Morgan fingerprint density at radius 2 is 1.79 bits per heavy atom. The molecule has 0 atom stereocenters. The van der Waals surface area contributed by atoms with Crippen LogP contribution in [-0.2, 0) is 0 Å². The van der Waals surface area contributed by atoms with E-state index in [0.29, 0.717) is 6.04 Å². The van der Waals surface area contributed by atoms with Gasteiger partial charge in [-0.2, -0.15) is 5.10 Å². The van der Waals surface area contributed by atoms with Gasteiger partial charge in [0, 0.05) is 17.8 Å². The molecule has 96 valence electrons. The number of anilines is 1. The first-order valence-corrected chi connectivity index (χ1v) is 6.49. The predicted molar refractivity (Wildman–Crippen MR) is 80.0 cm³/mol. The Labute approximate surface area is 112 Å². The molecule has 1 aromatic heterocycles. The molecule has 3 nitrogen and oxygen atoms in total. The molecule has 0 radical (unpaired) electrons. The number of rotatable bonds is 2. The van der Waals surface area contributed by atoms with E-state index in [2.05, 4.69) is 43.2 Å². The van der Waals surface area contributed by atoms with Crippen molar-refractivity contribution in [1.29, 1.82) is 0 Å². The Morgan fingerprint density at radius 1 is 1.05 bits per heavy atom. The lowest BCUT2D eigenvalue weighted by atomic mass is 10.0. The summed E-state index contributed by atoms with van der Waals surface area (Å²) in [6, 6.07) is 14.8. The van der Waals surface area contributed by atoms with E-state index in [4.69, 9.17) is 5.73 Å². The van der Waals surface area contributed by atoms with Crippen LogP contribution < -0.4 is 5.73 Å². The van der Waals surface area contributed by atoms with Crippen molar-refractivity contribution in [2.24, 2.45) is 0 Å². The van der Waals surface area contributed by atoms with E-state index in [1.54, 1.807) is 0 Å². The van der Waals surface area contributed by atoms with Gasteiger partial charge in [-0.3, -0.25) is 4.68 Å². The van der Waals surface area contributed by atoms with Crippen LogP contribution in [0.15, 0.2) is 48.7 Å². The molecule has 0 aliphatic heterocycles. The van der Waals surface area contributed by atoms with Gasteiger partial charge < -0.3 is 5.73 Å². The zero-order chi connectivity index (χ0) is 13.4. The molecule has 0 aliphatic carbocycles. The van der Waals surface area contributed by atoms with E-state index in [1.807, 2.05) is 29.1 Å². The highest BCUT2D eigenvalue weighted by atomic mass is 15.3. The highest BCUT2D eigenvalue weighted by Crippen LogP contribution is 2.31. The number of nitrogens with two attached hydrogens (primary N) is 1. The highest BCUT2D eigenvalue weighted by Gasteiger charge is 2.12. The third-order valence-corrected chi connectivity index (χ3v) is 3.33. The molecule has 3 rings (SSSR count). The minimum absolute atomic E-state index is 0.311. The number of benzene rings is 2. The van der Waals surface area contributed by atoms with Crippen LogP contribution in [0.1, 0.15) is 19.9 Å². The Kier molecular flexibility index (Phi) is 2.75. The van der Waals surface area contributed by atoms with Crippen LogP contribution in [0.4, 0.5) is 5.69 Å². The van der Waals surface area contributed by atoms with Gasteiger partial charge in [-0.1, -0.05) is 42.5 Å². The lowest BCUT2D eigenvalue weighted by Gasteiger charge is -2.06. The van der Waals surface area contributed by atoms with Gasteiger partial charge in [0.05, 0.1) is 5.69 Å². The molecule has 0 bridgehead atoms. The molecule has 2 aromatic carbocycles. The quantitative estimate of drug-likeness (QED) is 0.751. The maximum Gasteiger partial charge on any atom is 0.116 e. The largest absolute Gasteiger partial charge is 0.396 e. The van der Waals surface area contributed by atoms with Gasteiger partial charge in [0.1, 0.15) is 5.69 Å². The molecule has 0 saturated carbocycles. The molecule has 0 saturated heterocycles. The zero-order valence-electron chi connectivity index (χ0n) is 11.2. The summed E-state index contributed by atoms with van der Waals surface area (Å²) >= 11 is 0. The molecule has 2 N–H and O–H groups in total. The fraction of sp³-hybridized carbons (Fsp3) is 0.188. The standard InChI is InChI=1S/C16H17N3/c1-11(2)19-10-15(17)16(18-19)14-9-5-7-12-6-3-4-8-13(12)14/h3-11H,17H2,1-2H3. The van der Waals surface area contributed by atoms with Crippen molar-refractivity contribution >= 4 is 16.5 Å². The molecule has 1 heterocycles. The smallest absolute Gasteiger partial charge is 0.116 e. The van der Waals surface area contributed by atoms with Crippen LogP contribution in [0, 0.1) is 0 Å². The Hall–Kier alpha value is -2.29. The average molecular weight is 251 g/mol. The molecular weight excluding hydrogens is 234 g/mol. The van der Waals surface area contributed by atoms with E-state index in [1.165, 1.54) is 10.8 Å². The Bertz CT molecular complexity index is 720. The van der Waals surface area contributed by atoms with Crippen molar-refractivity contribution in [3.63, 3.8) is 0 Å². The number of hydrogen-bond acceptors (Lipinski definition) is 2. The normalized spacial score (nSPS) is 11.3. The van der Waals surface area contributed by atoms with Crippen molar-refractivity contribution in [3.05, 3.63) is 48.7 Å². The summed E-state index contributed by atoms with van der Waals surface area (Å²) in [4.78, 5) is 0. The van der Waals surface area contributed by atoms with Crippen LogP contribution in [0.2, 0.25) is 0 Å². The molecule has 19 heavy (non-hydrogen) atoms. The maximum absolute atomic E-state index is 6.12. The Balaban J connectivity index is 2.24. The summed E-state index contributed by atoms with van der Waals surface area (Å²) in [6.45, 7) is 4.19. The lowest BCUT2D eigenvalue weighted by Crippen LogP contribution is -2.00. The second-order valence-corrected chi connectivity index (χ2v) is 5.03. The SMILES string of the molecule is CC(C)n1cc(N)c(-c2cccc3ccccc23)n1. The highest BCUT2D eigenvalue weighted by molar-refractivity contribution is 5.97. The van der Waals surface area contributed by atoms with E-state index in [9.17, 15) is 0 Å². The summed E-state index contributed by atoms with van der Waals surface area (Å²) in [5, 5.41) is 7.01. The Morgan fingerprint density at radius 3 is 2.53 bits per heavy atom. The lowest BCUT2D eigenvalue weighted by molar-refractivity contribution is 0.534. The second-order valence-electron chi connectivity index (χ2n) is 5.03. The van der Waals surface area contributed by atoms with E-state index < -0.39 is 0 Å². The van der Waals surface area contributed by atoms with Gasteiger partial charge in [-0.15, -0.1) is 0 Å². The molecule has 3 aromatic rings. The summed E-state index contributed by atoms with van der Waals surface area (Å²) in [5.74, 6) is 0. The second kappa shape index (κ2) is 4.43. The third-order valence-electron chi connectivity index (χ3n) is 3.33. The van der Waals surface area contributed by atoms with Crippen LogP contribution in [0.25, 0.3) is 22.0 Å². The number of aromatic nitrogens is 2. The van der Waals surface area contributed by atoms with Crippen LogP contribution in [-0.4, -0.2) is 9.78 Å². The number of hydrogen-bond donors (Lipinski definition) is 1. The van der Waals surface area contributed by atoms with Crippen molar-refractivity contribution in [2.45, 2.75) is 19.9 Å². The van der Waals surface area contributed by atoms with Crippen LogP contribution >= 0.6 is 0 Å².